The number of benzene rings is 1. The fourth-order valence-electron chi connectivity index (χ4n) is 1.86. The molecule has 0 heterocycles. The predicted molar refractivity (Wildman–Crippen MR) is 73.0 cm³/mol. The predicted octanol–water partition coefficient (Wildman–Crippen LogP) is 1.78. The zero-order valence-electron chi connectivity index (χ0n) is 11.6. The van der Waals surface area contributed by atoms with Gasteiger partial charge in [-0.05, 0) is 17.7 Å². The van der Waals surface area contributed by atoms with Gasteiger partial charge in [-0.15, -0.1) is 0 Å². The summed E-state index contributed by atoms with van der Waals surface area (Å²) >= 11 is 0. The van der Waals surface area contributed by atoms with Gasteiger partial charge in [0.25, 0.3) is 0 Å². The Hall–Kier alpha value is -1.54. The van der Waals surface area contributed by atoms with Crippen molar-refractivity contribution < 1.29 is 19.3 Å². The fourth-order valence-corrected chi connectivity index (χ4v) is 1.86. The van der Waals surface area contributed by atoms with Gasteiger partial charge in [0.2, 0.25) is 0 Å². The highest BCUT2D eigenvalue weighted by atomic mass is 16.5. The van der Waals surface area contributed by atoms with Crippen molar-refractivity contribution in [2.24, 2.45) is 0 Å². The average Bonchev–Trinajstić information content (AvgIpc) is 2.46. The Balaban J connectivity index is 2.89. The summed E-state index contributed by atoms with van der Waals surface area (Å²) in [5.74, 6) is 6.25. The van der Waals surface area contributed by atoms with Crippen LogP contribution in [0.25, 0.3) is 0 Å². The van der Waals surface area contributed by atoms with E-state index in [0.717, 1.165) is 11.3 Å². The van der Waals surface area contributed by atoms with Crippen molar-refractivity contribution >= 4 is 0 Å². The lowest BCUT2D eigenvalue weighted by atomic mass is 10.0. The third kappa shape index (κ3) is 4.56. The third-order valence-corrected chi connectivity index (χ3v) is 2.82. The van der Waals surface area contributed by atoms with Crippen LogP contribution in [0.5, 0.6) is 5.75 Å². The SMILES string of the molecule is COc1cccc([C@@H](OC)[C@@H](CC#CCO)OC)c1. The highest BCUT2D eigenvalue weighted by molar-refractivity contribution is 5.30. The van der Waals surface area contributed by atoms with Crippen LogP contribution in [-0.4, -0.2) is 39.1 Å². The number of methoxy groups -OCH3 is 3. The summed E-state index contributed by atoms with van der Waals surface area (Å²) in [6.45, 7) is -0.146. The highest BCUT2D eigenvalue weighted by Crippen LogP contribution is 2.27. The molecule has 4 heteroatoms. The van der Waals surface area contributed by atoms with Gasteiger partial charge < -0.3 is 19.3 Å². The van der Waals surface area contributed by atoms with Crippen molar-refractivity contribution in [2.75, 3.05) is 27.9 Å². The molecule has 0 aromatic heterocycles. The second-order valence-corrected chi connectivity index (χ2v) is 3.92. The summed E-state index contributed by atoms with van der Waals surface area (Å²) in [4.78, 5) is 0. The Morgan fingerprint density at radius 2 is 1.95 bits per heavy atom. The van der Waals surface area contributed by atoms with Crippen LogP contribution in [0.4, 0.5) is 0 Å². The number of aliphatic hydroxyl groups excluding tert-OH is 1. The Morgan fingerprint density at radius 3 is 2.53 bits per heavy atom. The summed E-state index contributed by atoms with van der Waals surface area (Å²) in [6.07, 6.45) is 0.0662. The van der Waals surface area contributed by atoms with Gasteiger partial charge in [0.1, 0.15) is 18.5 Å². The second kappa shape index (κ2) is 8.54. The van der Waals surface area contributed by atoms with Gasteiger partial charge in [-0.25, -0.2) is 0 Å². The molecular formula is C15H20O4. The van der Waals surface area contributed by atoms with Gasteiger partial charge in [0.05, 0.1) is 13.2 Å². The number of ether oxygens (including phenoxy) is 3. The summed E-state index contributed by atoms with van der Waals surface area (Å²) in [5.41, 5.74) is 0.972. The van der Waals surface area contributed by atoms with Crippen LogP contribution >= 0.6 is 0 Å². The van der Waals surface area contributed by atoms with Crippen molar-refractivity contribution in [3.8, 4) is 17.6 Å². The Bertz CT molecular complexity index is 433. The van der Waals surface area contributed by atoms with E-state index < -0.39 is 0 Å². The van der Waals surface area contributed by atoms with Crippen molar-refractivity contribution in [3.05, 3.63) is 29.8 Å². The molecule has 19 heavy (non-hydrogen) atoms. The van der Waals surface area contributed by atoms with Gasteiger partial charge in [-0.2, -0.15) is 0 Å². The van der Waals surface area contributed by atoms with Crippen LogP contribution in [0.15, 0.2) is 24.3 Å². The van der Waals surface area contributed by atoms with Crippen LogP contribution in [0.3, 0.4) is 0 Å². The molecule has 0 aliphatic rings. The lowest BCUT2D eigenvalue weighted by Gasteiger charge is -2.24. The van der Waals surface area contributed by atoms with Crippen LogP contribution in [-0.2, 0) is 9.47 Å². The molecule has 0 bridgehead atoms. The summed E-state index contributed by atoms with van der Waals surface area (Å²) in [5, 5.41) is 8.67. The van der Waals surface area contributed by atoms with Crippen LogP contribution in [0.2, 0.25) is 0 Å². The second-order valence-electron chi connectivity index (χ2n) is 3.92. The molecule has 0 saturated carbocycles. The molecule has 0 aliphatic heterocycles. The average molecular weight is 264 g/mol. The van der Waals surface area contributed by atoms with Gasteiger partial charge in [-0.1, -0.05) is 24.0 Å². The summed E-state index contributed by atoms with van der Waals surface area (Å²) in [7, 11) is 4.88. The molecule has 1 rings (SSSR count). The van der Waals surface area contributed by atoms with E-state index in [-0.39, 0.29) is 18.8 Å². The van der Waals surface area contributed by atoms with Crippen molar-refractivity contribution in [1.29, 1.82) is 0 Å². The molecule has 4 nitrogen and oxygen atoms in total. The Morgan fingerprint density at radius 1 is 1.16 bits per heavy atom. The maximum absolute atomic E-state index is 8.67. The monoisotopic (exact) mass is 264 g/mol. The molecule has 0 amide bonds. The zero-order valence-corrected chi connectivity index (χ0v) is 11.6. The van der Waals surface area contributed by atoms with E-state index in [1.807, 2.05) is 24.3 Å². The Kier molecular flexibility index (Phi) is 6.98. The number of hydrogen-bond donors (Lipinski definition) is 1. The number of aliphatic hydroxyl groups is 1. The minimum absolute atomic E-state index is 0.146. The molecule has 0 unspecified atom stereocenters. The molecule has 0 spiro atoms. The molecule has 104 valence electrons. The molecule has 2 atom stereocenters. The lowest BCUT2D eigenvalue weighted by Crippen LogP contribution is -2.22. The first-order chi connectivity index (χ1) is 9.26. The van der Waals surface area contributed by atoms with E-state index >= 15 is 0 Å². The maximum Gasteiger partial charge on any atom is 0.119 e. The third-order valence-electron chi connectivity index (χ3n) is 2.82. The van der Waals surface area contributed by atoms with Crippen molar-refractivity contribution in [2.45, 2.75) is 18.6 Å². The molecule has 1 aromatic carbocycles. The fraction of sp³-hybridized carbons (Fsp3) is 0.467. The van der Waals surface area contributed by atoms with Crippen LogP contribution in [0.1, 0.15) is 18.1 Å². The van der Waals surface area contributed by atoms with Gasteiger partial charge >= 0.3 is 0 Å². The summed E-state index contributed by atoms with van der Waals surface area (Å²) < 4.78 is 16.1. The molecule has 0 aliphatic carbocycles. The zero-order chi connectivity index (χ0) is 14.1. The van der Waals surface area contributed by atoms with E-state index in [0.29, 0.717) is 6.42 Å². The molecule has 1 aromatic rings. The minimum atomic E-state index is -0.229. The maximum atomic E-state index is 8.67. The van der Waals surface area contributed by atoms with E-state index in [1.54, 1.807) is 21.3 Å². The van der Waals surface area contributed by atoms with Gasteiger partial charge in [-0.3, -0.25) is 0 Å². The van der Waals surface area contributed by atoms with Crippen LogP contribution in [0, 0.1) is 11.8 Å². The summed E-state index contributed by atoms with van der Waals surface area (Å²) in [6, 6.07) is 7.66. The first-order valence-corrected chi connectivity index (χ1v) is 6.03. The molecular weight excluding hydrogens is 244 g/mol. The van der Waals surface area contributed by atoms with Crippen molar-refractivity contribution in [3.63, 3.8) is 0 Å². The van der Waals surface area contributed by atoms with Gasteiger partial charge in [0.15, 0.2) is 0 Å². The number of rotatable bonds is 6. The number of hydrogen-bond acceptors (Lipinski definition) is 4. The first kappa shape index (κ1) is 15.5. The van der Waals surface area contributed by atoms with E-state index in [4.69, 9.17) is 19.3 Å². The topological polar surface area (TPSA) is 47.9 Å². The molecule has 0 radical (unpaired) electrons. The largest absolute Gasteiger partial charge is 0.497 e. The molecule has 1 N–H and O–H groups in total. The van der Waals surface area contributed by atoms with E-state index in [9.17, 15) is 0 Å². The molecule has 0 saturated heterocycles. The first-order valence-electron chi connectivity index (χ1n) is 6.03. The molecule has 0 fully saturated rings. The standard InChI is InChI=1S/C15H20O4/c1-17-13-8-6-7-12(11-13)15(19-3)14(18-2)9-4-5-10-16/h6-8,11,14-16H,9-10H2,1-3H3/t14-,15-/m1/s1. The van der Waals surface area contributed by atoms with E-state index in [1.165, 1.54) is 0 Å². The quantitative estimate of drug-likeness (QED) is 0.796. The van der Waals surface area contributed by atoms with Gasteiger partial charge in [0, 0.05) is 20.6 Å². The van der Waals surface area contributed by atoms with Crippen molar-refractivity contribution in [1.82, 2.24) is 0 Å². The minimum Gasteiger partial charge on any atom is -0.497 e. The highest BCUT2D eigenvalue weighted by Gasteiger charge is 2.22. The Labute approximate surface area is 114 Å². The lowest BCUT2D eigenvalue weighted by molar-refractivity contribution is -0.0348. The normalized spacial score (nSPS) is 13.3. The van der Waals surface area contributed by atoms with Crippen LogP contribution < -0.4 is 4.74 Å². The smallest absolute Gasteiger partial charge is 0.119 e. The van der Waals surface area contributed by atoms with E-state index in [2.05, 4.69) is 11.8 Å².